The fourth-order valence-electron chi connectivity index (χ4n) is 3.10. The lowest BCUT2D eigenvalue weighted by Gasteiger charge is -2.19. The van der Waals surface area contributed by atoms with Crippen molar-refractivity contribution in [2.75, 3.05) is 18.0 Å². The van der Waals surface area contributed by atoms with Gasteiger partial charge in [0.15, 0.2) is 0 Å². The normalized spacial score (nSPS) is 14.5. The molecule has 3 rings (SSSR count). The molecule has 1 aromatic carbocycles. The van der Waals surface area contributed by atoms with Gasteiger partial charge in [-0.05, 0) is 51.8 Å². The predicted molar refractivity (Wildman–Crippen MR) is 115 cm³/mol. The minimum atomic E-state index is -3.97. The first-order chi connectivity index (χ1) is 14.5. The number of aromatic nitrogens is 1. The summed E-state index contributed by atoms with van der Waals surface area (Å²) in [6.45, 7) is 6.74. The maximum Gasteiger partial charge on any atom is 0.408 e. The van der Waals surface area contributed by atoms with Crippen LogP contribution in [0.4, 0.5) is 10.5 Å². The van der Waals surface area contributed by atoms with Crippen molar-refractivity contribution in [3.63, 3.8) is 0 Å². The summed E-state index contributed by atoms with van der Waals surface area (Å²) in [5.74, 6) is -1.19. The van der Waals surface area contributed by atoms with Crippen LogP contribution in [-0.4, -0.2) is 49.3 Å². The molecule has 31 heavy (non-hydrogen) atoms. The Kier molecular flexibility index (Phi) is 6.56. The van der Waals surface area contributed by atoms with E-state index in [9.17, 15) is 23.1 Å². The molecular weight excluding hydrogens is 442 g/mol. The molecule has 0 atom stereocenters. The molecule has 1 fully saturated rings. The fourth-order valence-corrected chi connectivity index (χ4v) is 5.68. The zero-order valence-corrected chi connectivity index (χ0v) is 19.2. The Bertz CT molecular complexity index is 1080. The largest absolute Gasteiger partial charge is 0.478 e. The maximum absolute atomic E-state index is 13.2. The fraction of sp³-hybridized carbons (Fsp3) is 0.450. The van der Waals surface area contributed by atoms with E-state index < -0.39 is 27.5 Å². The van der Waals surface area contributed by atoms with Crippen LogP contribution < -0.4 is 10.2 Å². The van der Waals surface area contributed by atoms with Crippen LogP contribution in [0.5, 0.6) is 0 Å². The Morgan fingerprint density at radius 3 is 2.52 bits per heavy atom. The highest BCUT2D eigenvalue weighted by molar-refractivity contribution is 7.93. The number of nitrogens with zero attached hydrogens (tertiary/aromatic N) is 2. The number of rotatable bonds is 6. The lowest BCUT2D eigenvalue weighted by Crippen LogP contribution is -2.32. The molecule has 168 valence electrons. The van der Waals surface area contributed by atoms with Gasteiger partial charge in [0.1, 0.15) is 14.8 Å². The van der Waals surface area contributed by atoms with E-state index in [4.69, 9.17) is 4.74 Å². The Morgan fingerprint density at radius 1 is 1.23 bits per heavy atom. The van der Waals surface area contributed by atoms with Gasteiger partial charge >= 0.3 is 12.1 Å². The number of hydrogen-bond acceptors (Lipinski definition) is 8. The predicted octanol–water partition coefficient (Wildman–Crippen LogP) is 3.30. The number of thiazole rings is 1. The molecule has 0 aliphatic carbocycles. The van der Waals surface area contributed by atoms with Crippen molar-refractivity contribution in [3.8, 4) is 0 Å². The number of nitrogens with one attached hydrogen (secondary N) is 1. The summed E-state index contributed by atoms with van der Waals surface area (Å²) >= 11 is 0.917. The van der Waals surface area contributed by atoms with Crippen molar-refractivity contribution in [2.45, 2.75) is 54.9 Å². The molecule has 0 unspecified atom stereocenters. The van der Waals surface area contributed by atoms with Crippen molar-refractivity contribution in [3.05, 3.63) is 35.0 Å². The molecular formula is C20H25N3O6S2. The summed E-state index contributed by atoms with van der Waals surface area (Å²) in [6.07, 6.45) is 2.54. The molecule has 0 saturated carbocycles. The maximum atomic E-state index is 13.2. The highest BCUT2D eigenvalue weighted by Crippen LogP contribution is 2.31. The van der Waals surface area contributed by atoms with Crippen LogP contribution in [0.25, 0.3) is 0 Å². The highest BCUT2D eigenvalue weighted by Gasteiger charge is 2.25. The Labute approximate surface area is 185 Å². The van der Waals surface area contributed by atoms with Crippen molar-refractivity contribution >= 4 is 38.9 Å². The molecule has 1 aliphatic rings. The molecule has 0 spiro atoms. The quantitative estimate of drug-likeness (QED) is 0.663. The number of sulfone groups is 1. The van der Waals surface area contributed by atoms with Gasteiger partial charge in [0, 0.05) is 18.8 Å². The summed E-state index contributed by atoms with van der Waals surface area (Å²) in [5.41, 5.74) is -0.157. The first-order valence-corrected chi connectivity index (χ1v) is 12.1. The van der Waals surface area contributed by atoms with Gasteiger partial charge in [-0.1, -0.05) is 0 Å². The summed E-state index contributed by atoms with van der Waals surface area (Å²) in [6, 6.07) is 4.16. The van der Waals surface area contributed by atoms with Gasteiger partial charge in [-0.3, -0.25) is 0 Å². The standard InChI is InChI=1S/C20H25N3O6S2/c1-20(2,3)29-19(26)22-11-16-21-12-17(30-16)31(27,28)15-9-13(18(24)25)8-14(10-15)23-6-4-5-7-23/h8-10,12H,4-7,11H2,1-3H3,(H,22,26)(H,24,25). The SMILES string of the molecule is CC(C)(C)OC(=O)NCc1ncc(S(=O)(=O)c2cc(C(=O)O)cc(N3CCCC3)c2)s1. The van der Waals surface area contributed by atoms with Crippen molar-refractivity contribution in [1.29, 1.82) is 0 Å². The van der Waals surface area contributed by atoms with Gasteiger partial charge in [0.25, 0.3) is 0 Å². The Hall–Kier alpha value is -2.66. The molecule has 9 nitrogen and oxygen atoms in total. The molecule has 1 aromatic heterocycles. The summed E-state index contributed by atoms with van der Waals surface area (Å²) in [7, 11) is -3.97. The van der Waals surface area contributed by atoms with E-state index in [1.807, 2.05) is 4.90 Å². The number of amides is 1. The van der Waals surface area contributed by atoms with Gasteiger partial charge in [0.2, 0.25) is 9.84 Å². The van der Waals surface area contributed by atoms with E-state index in [0.29, 0.717) is 10.7 Å². The van der Waals surface area contributed by atoms with Crippen LogP contribution in [0, 0.1) is 0 Å². The average molecular weight is 468 g/mol. The minimum Gasteiger partial charge on any atom is -0.478 e. The summed E-state index contributed by atoms with van der Waals surface area (Å²) in [4.78, 5) is 29.3. The van der Waals surface area contributed by atoms with Crippen molar-refractivity contribution in [1.82, 2.24) is 10.3 Å². The molecule has 2 N–H and O–H groups in total. The smallest absolute Gasteiger partial charge is 0.408 e. The molecule has 0 bridgehead atoms. The average Bonchev–Trinajstić information content (AvgIpc) is 3.37. The zero-order valence-electron chi connectivity index (χ0n) is 17.5. The van der Waals surface area contributed by atoms with Crippen LogP contribution in [0.3, 0.4) is 0 Å². The number of benzene rings is 1. The number of carboxylic acid groups (broad SMARTS) is 1. The van der Waals surface area contributed by atoms with Gasteiger partial charge < -0.3 is 20.1 Å². The first kappa shape index (κ1) is 23.0. The number of carbonyl (C=O) groups is 2. The number of carboxylic acids is 1. The molecule has 2 aromatic rings. The topological polar surface area (TPSA) is 126 Å². The van der Waals surface area contributed by atoms with Crippen LogP contribution in [0.15, 0.2) is 33.5 Å². The summed E-state index contributed by atoms with van der Waals surface area (Å²) in [5, 5.41) is 12.4. The second kappa shape index (κ2) is 8.83. The number of alkyl carbamates (subject to hydrolysis) is 1. The number of anilines is 1. The lowest BCUT2D eigenvalue weighted by atomic mass is 10.2. The van der Waals surface area contributed by atoms with Crippen LogP contribution >= 0.6 is 11.3 Å². The zero-order chi connectivity index (χ0) is 22.8. The number of hydrogen-bond donors (Lipinski definition) is 2. The van der Waals surface area contributed by atoms with Crippen LogP contribution in [0.2, 0.25) is 0 Å². The van der Waals surface area contributed by atoms with Gasteiger partial charge in [0.05, 0.1) is 23.2 Å². The third-order valence-corrected chi connectivity index (χ3v) is 7.69. The van der Waals surface area contributed by atoms with E-state index in [1.165, 1.54) is 18.3 Å². The summed E-state index contributed by atoms with van der Waals surface area (Å²) < 4.78 is 31.4. The molecule has 2 heterocycles. The third-order valence-electron chi connectivity index (χ3n) is 4.50. The molecule has 1 saturated heterocycles. The second-order valence-corrected chi connectivity index (χ2v) is 11.4. The van der Waals surface area contributed by atoms with Crippen LogP contribution in [0.1, 0.15) is 49.0 Å². The monoisotopic (exact) mass is 467 g/mol. The van der Waals surface area contributed by atoms with E-state index in [1.54, 1.807) is 20.8 Å². The Balaban J connectivity index is 1.83. The van der Waals surface area contributed by atoms with Gasteiger partial charge in [-0.15, -0.1) is 11.3 Å². The molecule has 1 aliphatic heterocycles. The van der Waals surface area contributed by atoms with E-state index >= 15 is 0 Å². The second-order valence-electron chi connectivity index (χ2n) is 8.15. The van der Waals surface area contributed by atoms with Crippen LogP contribution in [-0.2, 0) is 21.1 Å². The van der Waals surface area contributed by atoms with E-state index in [-0.39, 0.29) is 21.2 Å². The van der Waals surface area contributed by atoms with Gasteiger partial charge in [-0.25, -0.2) is 23.0 Å². The van der Waals surface area contributed by atoms with E-state index in [2.05, 4.69) is 10.3 Å². The highest BCUT2D eigenvalue weighted by atomic mass is 32.2. The third kappa shape index (κ3) is 5.73. The minimum absolute atomic E-state index is 0.0172. The van der Waals surface area contributed by atoms with Crippen molar-refractivity contribution in [2.24, 2.45) is 0 Å². The Morgan fingerprint density at radius 2 is 1.90 bits per heavy atom. The number of ether oxygens (including phenoxy) is 1. The number of carbonyl (C=O) groups excluding carboxylic acids is 1. The van der Waals surface area contributed by atoms with Gasteiger partial charge in [-0.2, -0.15) is 0 Å². The lowest BCUT2D eigenvalue weighted by molar-refractivity contribution is 0.0523. The van der Waals surface area contributed by atoms with E-state index in [0.717, 1.165) is 43.3 Å². The first-order valence-electron chi connectivity index (χ1n) is 9.76. The van der Waals surface area contributed by atoms with Crippen molar-refractivity contribution < 1.29 is 27.9 Å². The molecule has 1 amide bonds. The molecule has 11 heteroatoms. The molecule has 0 radical (unpaired) electrons. The number of aromatic carboxylic acids is 1.